The number of rotatable bonds is 10. The molecule has 5 rings (SSSR count). The molecular weight excluding hydrogens is 807 g/mol. The van der Waals surface area contributed by atoms with Gasteiger partial charge in [-0.25, -0.2) is 14.6 Å². The molecule has 3 aromatic carbocycles. The molecule has 0 spiro atoms. The molecule has 13 nitrogen and oxygen atoms in total. The van der Waals surface area contributed by atoms with Gasteiger partial charge < -0.3 is 34.9 Å². The van der Waals surface area contributed by atoms with Gasteiger partial charge in [-0.1, -0.05) is 119 Å². The van der Waals surface area contributed by atoms with E-state index in [0.29, 0.717) is 12.2 Å². The maximum Gasteiger partial charge on any atom is 0.410 e. The summed E-state index contributed by atoms with van der Waals surface area (Å²) in [5, 5.41) is 6.42. The smallest absolute Gasteiger partial charge is 0.410 e. The number of hydrogen-bond donors (Lipinski definition) is 3. The lowest BCUT2D eigenvalue weighted by molar-refractivity contribution is -0.152. The van der Waals surface area contributed by atoms with Gasteiger partial charge in [-0.2, -0.15) is 0 Å². The van der Waals surface area contributed by atoms with Crippen LogP contribution in [0.5, 0.6) is 0 Å². The van der Waals surface area contributed by atoms with Crippen LogP contribution in [-0.2, 0) is 25.5 Å². The molecule has 2 heterocycles. The first kappa shape index (κ1) is 49.3. The Morgan fingerprint density at radius 2 is 1.02 bits per heavy atom. The fourth-order valence-electron chi connectivity index (χ4n) is 7.42. The number of H-pyrrole nitrogens is 1. The Balaban J connectivity index is 1.35. The van der Waals surface area contributed by atoms with Crippen LogP contribution in [0.2, 0.25) is 0 Å². The summed E-state index contributed by atoms with van der Waals surface area (Å²) in [6.45, 7) is 26.9. The molecule has 3 N–H and O–H groups in total. The van der Waals surface area contributed by atoms with Crippen LogP contribution >= 0.6 is 0 Å². The first-order valence-corrected chi connectivity index (χ1v) is 22.0. The molecule has 4 atom stereocenters. The number of imidazole rings is 1. The maximum atomic E-state index is 14.1. The Kier molecular flexibility index (Phi) is 13.4. The van der Waals surface area contributed by atoms with Gasteiger partial charge in [-0.05, 0) is 76.8 Å². The van der Waals surface area contributed by atoms with Crippen LogP contribution in [0, 0.1) is 21.7 Å². The van der Waals surface area contributed by atoms with Gasteiger partial charge in [0, 0.05) is 51.2 Å². The molecular formula is C51H71N7O6. The molecule has 0 saturated heterocycles. The number of amides is 4. The van der Waals surface area contributed by atoms with Crippen LogP contribution in [0.25, 0.3) is 33.3 Å². The van der Waals surface area contributed by atoms with Gasteiger partial charge in [-0.15, -0.1) is 0 Å². The number of fused-ring (bicyclic) bond motifs is 2. The summed E-state index contributed by atoms with van der Waals surface area (Å²) < 4.78 is 11.7. The van der Waals surface area contributed by atoms with Gasteiger partial charge >= 0.3 is 12.2 Å². The van der Waals surface area contributed by atoms with E-state index < -0.39 is 57.6 Å². The monoisotopic (exact) mass is 878 g/mol. The molecule has 4 amide bonds. The van der Waals surface area contributed by atoms with Crippen molar-refractivity contribution in [2.45, 2.75) is 127 Å². The van der Waals surface area contributed by atoms with Gasteiger partial charge in [0.25, 0.3) is 11.8 Å². The number of carbonyl (C=O) groups excluding carboxylic acids is 4. The number of nitrogens with one attached hydrogen (secondary N) is 3. The summed E-state index contributed by atoms with van der Waals surface area (Å²) in [6.07, 6.45) is -0.610. The van der Waals surface area contributed by atoms with Crippen molar-refractivity contribution in [2.75, 3.05) is 28.2 Å². The lowest BCUT2D eigenvalue weighted by Crippen LogP contribution is -2.61. The maximum absolute atomic E-state index is 14.1. The molecule has 4 aromatic rings. The van der Waals surface area contributed by atoms with Crippen molar-refractivity contribution in [1.29, 1.82) is 0 Å². The highest BCUT2D eigenvalue weighted by molar-refractivity contribution is 6.02. The van der Waals surface area contributed by atoms with Crippen LogP contribution in [-0.4, -0.2) is 94.9 Å². The number of ether oxygens (including phenoxy) is 2. The fourth-order valence-corrected chi connectivity index (χ4v) is 7.42. The van der Waals surface area contributed by atoms with Gasteiger partial charge in [0.2, 0.25) is 0 Å². The zero-order chi connectivity index (χ0) is 48.1. The minimum absolute atomic E-state index is 0.370. The molecule has 0 saturated carbocycles. The number of aliphatic imine (C=N–C) groups is 1. The molecule has 13 heteroatoms. The normalized spacial score (nSPS) is 16.1. The Bertz CT molecular complexity index is 2440. The summed E-state index contributed by atoms with van der Waals surface area (Å²) in [6, 6.07) is 19.8. The highest BCUT2D eigenvalue weighted by Crippen LogP contribution is 2.40. The standard InChI is InChI=1S/C51H71N7O6/c1-46(2,3)39(55-42(59)50(13,48(7,8)9)63-44(61)57(15)16)38-29-34-27-32(23-25-35(34)52-38)30-19-21-31(22-20-30)33-24-26-36-37(28-33)54-41(53-36)40(47(4,5)6)56-43(60)51(14,49(10,11)12)64-45(62)58(17)18/h19-28,39-40H,29H2,1-18H3,(H,53,54)(H,55,59)(H,56,60)/t39-,40-,50+,51+/m1/s1. The topological polar surface area (TPSA) is 158 Å². The molecule has 0 bridgehead atoms. The van der Waals surface area contributed by atoms with Gasteiger partial charge in [0.05, 0.1) is 28.8 Å². The predicted molar refractivity (Wildman–Crippen MR) is 256 cm³/mol. The minimum atomic E-state index is -1.46. The first-order chi connectivity index (χ1) is 29.3. The molecule has 346 valence electrons. The van der Waals surface area contributed by atoms with Crippen molar-refractivity contribution in [3.63, 3.8) is 0 Å². The highest BCUT2D eigenvalue weighted by atomic mass is 16.6. The molecule has 0 aliphatic carbocycles. The summed E-state index contributed by atoms with van der Waals surface area (Å²) >= 11 is 0. The molecule has 0 unspecified atom stereocenters. The average Bonchev–Trinajstić information content (AvgIpc) is 3.80. The summed E-state index contributed by atoms with van der Waals surface area (Å²) in [5.74, 6) is -0.173. The lowest BCUT2D eigenvalue weighted by atomic mass is 9.75. The van der Waals surface area contributed by atoms with E-state index in [9.17, 15) is 19.2 Å². The van der Waals surface area contributed by atoms with Crippen molar-refractivity contribution in [2.24, 2.45) is 26.7 Å². The van der Waals surface area contributed by atoms with Crippen molar-refractivity contribution in [3.05, 3.63) is 72.1 Å². The quantitative estimate of drug-likeness (QED) is 0.143. The van der Waals surface area contributed by atoms with E-state index in [1.807, 2.05) is 80.5 Å². The van der Waals surface area contributed by atoms with Crippen LogP contribution in [0.3, 0.4) is 0 Å². The minimum Gasteiger partial charge on any atom is -0.432 e. The van der Waals surface area contributed by atoms with E-state index in [4.69, 9.17) is 19.5 Å². The second-order valence-electron chi connectivity index (χ2n) is 22.2. The second-order valence-corrected chi connectivity index (χ2v) is 22.2. The van der Waals surface area contributed by atoms with Crippen molar-refractivity contribution >= 4 is 46.4 Å². The summed E-state index contributed by atoms with van der Waals surface area (Å²) in [5.41, 5.74) is 3.38. The third-order valence-electron chi connectivity index (χ3n) is 12.7. The number of benzene rings is 3. The van der Waals surface area contributed by atoms with E-state index in [0.717, 1.165) is 50.2 Å². The van der Waals surface area contributed by atoms with E-state index in [1.54, 1.807) is 42.0 Å². The number of hydrogen-bond acceptors (Lipinski definition) is 8. The molecule has 0 fully saturated rings. The highest BCUT2D eigenvalue weighted by Gasteiger charge is 2.51. The van der Waals surface area contributed by atoms with Crippen LogP contribution in [0.1, 0.15) is 114 Å². The SMILES string of the molecule is CN(C)C(=O)O[C@@](C)(C(=O)N[C@H](C1=Nc2ccc(-c3ccc(-c4ccc5nc([C@@H](NC(=O)[C@](C)(OC(=O)N(C)C)C(C)(C)C)C(C)(C)C)[nH]c5c4)cc3)cc2C1)C(C)(C)C)C(C)(C)C. The number of carbonyl (C=O) groups is 4. The molecule has 0 radical (unpaired) electrons. The lowest BCUT2D eigenvalue weighted by Gasteiger charge is -2.42. The van der Waals surface area contributed by atoms with Crippen molar-refractivity contribution < 1.29 is 28.7 Å². The Labute approximate surface area is 380 Å². The Hall–Kier alpha value is -5.72. The second kappa shape index (κ2) is 17.3. The van der Waals surface area contributed by atoms with Crippen LogP contribution in [0.4, 0.5) is 15.3 Å². The van der Waals surface area contributed by atoms with Gasteiger partial charge in [-0.3, -0.25) is 14.6 Å². The van der Waals surface area contributed by atoms with Crippen LogP contribution < -0.4 is 10.6 Å². The first-order valence-electron chi connectivity index (χ1n) is 22.0. The van der Waals surface area contributed by atoms with E-state index in [1.165, 1.54) is 9.80 Å². The van der Waals surface area contributed by atoms with E-state index >= 15 is 0 Å². The third-order valence-corrected chi connectivity index (χ3v) is 12.7. The molecule has 1 aromatic heterocycles. The largest absolute Gasteiger partial charge is 0.432 e. The zero-order valence-electron chi connectivity index (χ0n) is 41.4. The predicted octanol–water partition coefficient (Wildman–Crippen LogP) is 10.3. The number of aromatic amines is 1. The summed E-state index contributed by atoms with van der Waals surface area (Å²) in [7, 11) is 6.37. The number of aromatic nitrogens is 2. The molecule has 64 heavy (non-hydrogen) atoms. The van der Waals surface area contributed by atoms with Crippen molar-refractivity contribution in [3.8, 4) is 22.3 Å². The van der Waals surface area contributed by atoms with Crippen molar-refractivity contribution in [1.82, 2.24) is 30.4 Å². The van der Waals surface area contributed by atoms with E-state index in [-0.39, 0.29) is 11.3 Å². The zero-order valence-corrected chi connectivity index (χ0v) is 41.4. The van der Waals surface area contributed by atoms with Gasteiger partial charge in [0.15, 0.2) is 11.2 Å². The summed E-state index contributed by atoms with van der Waals surface area (Å²) in [4.78, 5) is 69.7. The van der Waals surface area contributed by atoms with Crippen LogP contribution in [0.15, 0.2) is 65.7 Å². The molecule has 1 aliphatic heterocycles. The van der Waals surface area contributed by atoms with E-state index in [2.05, 4.69) is 78.9 Å². The van der Waals surface area contributed by atoms with Gasteiger partial charge in [0.1, 0.15) is 5.82 Å². The Morgan fingerprint density at radius 1 is 0.594 bits per heavy atom. The third kappa shape index (κ3) is 10.1. The number of nitrogens with zero attached hydrogens (tertiary/aromatic N) is 4. The fraction of sp³-hybridized carbons (Fsp3) is 0.529. The average molecular weight is 878 g/mol. The molecule has 1 aliphatic rings. The Morgan fingerprint density at radius 3 is 1.45 bits per heavy atom.